The Hall–Kier alpha value is -0.740. The molecule has 0 aromatic carbocycles. The van der Waals surface area contributed by atoms with E-state index in [2.05, 4.69) is 16.9 Å². The van der Waals surface area contributed by atoms with Crippen LogP contribution in [-0.4, -0.2) is 16.6 Å². The summed E-state index contributed by atoms with van der Waals surface area (Å²) in [5, 5.41) is 0. The zero-order valence-corrected chi connectivity index (χ0v) is 11.3. The molecule has 1 N–H and O–H groups in total. The van der Waals surface area contributed by atoms with E-state index in [4.69, 9.17) is 17.0 Å². The molecule has 1 heterocycles. The molecule has 0 saturated heterocycles. The lowest BCUT2D eigenvalue weighted by Crippen LogP contribution is -2.10. The summed E-state index contributed by atoms with van der Waals surface area (Å²) in [7, 11) is 0. The van der Waals surface area contributed by atoms with Gasteiger partial charge in [0.05, 0.1) is 0 Å². The van der Waals surface area contributed by atoms with E-state index in [0.29, 0.717) is 11.2 Å². The van der Waals surface area contributed by atoms with Crippen LogP contribution < -0.4 is 0 Å². The van der Waals surface area contributed by atoms with Crippen LogP contribution in [0, 0.1) is 18.5 Å². The van der Waals surface area contributed by atoms with E-state index in [1.165, 1.54) is 0 Å². The first-order valence-corrected chi connectivity index (χ1v) is 6.20. The van der Waals surface area contributed by atoms with Gasteiger partial charge in [-0.1, -0.05) is 25.6 Å². The number of nitrogens with zero attached hydrogens (tertiary/aromatic N) is 1. The standard InChI is InChI=1S/C12H20N2OS/c1-5-7-10(15-6-2)11-13-9(4)8(3)12(16)14-11/h10H,5-7H2,1-4H3,(H,13,14,16). The number of aryl methyl sites for hydroxylation is 1. The van der Waals surface area contributed by atoms with Gasteiger partial charge in [0.25, 0.3) is 0 Å². The van der Waals surface area contributed by atoms with Gasteiger partial charge in [0, 0.05) is 17.9 Å². The summed E-state index contributed by atoms with van der Waals surface area (Å²) in [5.41, 5.74) is 2.13. The molecule has 4 heteroatoms. The van der Waals surface area contributed by atoms with Crippen molar-refractivity contribution >= 4 is 12.2 Å². The maximum atomic E-state index is 5.68. The summed E-state index contributed by atoms with van der Waals surface area (Å²) in [4.78, 5) is 7.69. The molecule has 90 valence electrons. The van der Waals surface area contributed by atoms with Crippen LogP contribution >= 0.6 is 12.2 Å². The highest BCUT2D eigenvalue weighted by Gasteiger charge is 2.13. The Bertz CT molecular complexity index is 394. The molecule has 16 heavy (non-hydrogen) atoms. The molecule has 1 unspecified atom stereocenters. The molecule has 3 nitrogen and oxygen atoms in total. The van der Waals surface area contributed by atoms with Crippen molar-refractivity contribution in [3.63, 3.8) is 0 Å². The smallest absolute Gasteiger partial charge is 0.137 e. The second-order valence-electron chi connectivity index (χ2n) is 3.91. The van der Waals surface area contributed by atoms with Gasteiger partial charge in [-0.05, 0) is 27.2 Å². The van der Waals surface area contributed by atoms with E-state index in [1.54, 1.807) is 0 Å². The van der Waals surface area contributed by atoms with Crippen LogP contribution in [0.3, 0.4) is 0 Å². The molecule has 0 bridgehead atoms. The van der Waals surface area contributed by atoms with Crippen LogP contribution in [0.4, 0.5) is 0 Å². The normalized spacial score (nSPS) is 12.8. The van der Waals surface area contributed by atoms with E-state index in [-0.39, 0.29) is 6.10 Å². The van der Waals surface area contributed by atoms with E-state index in [1.807, 2.05) is 20.8 Å². The Kier molecular flexibility index (Phi) is 5.09. The van der Waals surface area contributed by atoms with E-state index in [0.717, 1.165) is 29.9 Å². The Labute approximate surface area is 102 Å². The average Bonchev–Trinajstić information content (AvgIpc) is 2.25. The monoisotopic (exact) mass is 240 g/mol. The second kappa shape index (κ2) is 6.11. The van der Waals surface area contributed by atoms with Gasteiger partial charge in [-0.2, -0.15) is 0 Å². The van der Waals surface area contributed by atoms with Crippen molar-refractivity contribution in [1.29, 1.82) is 0 Å². The van der Waals surface area contributed by atoms with Crippen molar-refractivity contribution in [3.8, 4) is 0 Å². The molecule has 1 rings (SSSR count). The first-order chi connectivity index (χ1) is 7.60. The summed E-state index contributed by atoms with van der Waals surface area (Å²) in [5.74, 6) is 0.858. The van der Waals surface area contributed by atoms with Crippen molar-refractivity contribution in [2.45, 2.75) is 46.6 Å². The molecule has 0 aliphatic carbocycles. The Morgan fingerprint density at radius 2 is 2.06 bits per heavy atom. The molecule has 1 aromatic rings. The molecule has 0 amide bonds. The molecular weight excluding hydrogens is 220 g/mol. The number of hydrogen-bond donors (Lipinski definition) is 1. The molecule has 0 spiro atoms. The molecule has 0 fully saturated rings. The molecule has 1 atom stereocenters. The Morgan fingerprint density at radius 1 is 1.38 bits per heavy atom. The highest BCUT2D eigenvalue weighted by atomic mass is 32.1. The minimum atomic E-state index is 0.0380. The molecule has 0 aliphatic heterocycles. The number of aromatic amines is 1. The van der Waals surface area contributed by atoms with Crippen LogP contribution in [0.15, 0.2) is 0 Å². The maximum Gasteiger partial charge on any atom is 0.137 e. The largest absolute Gasteiger partial charge is 0.371 e. The summed E-state index contributed by atoms with van der Waals surface area (Å²) in [6.07, 6.45) is 2.07. The van der Waals surface area contributed by atoms with Gasteiger partial charge in [0.15, 0.2) is 0 Å². The third kappa shape index (κ3) is 3.12. The fourth-order valence-electron chi connectivity index (χ4n) is 1.58. The minimum Gasteiger partial charge on any atom is -0.371 e. The molecule has 0 saturated carbocycles. The van der Waals surface area contributed by atoms with Crippen LogP contribution in [0.25, 0.3) is 0 Å². The second-order valence-corrected chi connectivity index (χ2v) is 4.30. The summed E-state index contributed by atoms with van der Waals surface area (Å²) < 4.78 is 6.35. The summed E-state index contributed by atoms with van der Waals surface area (Å²) in [6.45, 7) is 8.84. The number of hydrogen-bond acceptors (Lipinski definition) is 3. The summed E-state index contributed by atoms with van der Waals surface area (Å²) in [6, 6.07) is 0. The van der Waals surface area contributed by atoms with Crippen LogP contribution in [-0.2, 0) is 4.74 Å². The van der Waals surface area contributed by atoms with Crippen LogP contribution in [0.5, 0.6) is 0 Å². The van der Waals surface area contributed by atoms with E-state index in [9.17, 15) is 0 Å². The first kappa shape index (κ1) is 13.3. The zero-order chi connectivity index (χ0) is 12.1. The lowest BCUT2D eigenvalue weighted by molar-refractivity contribution is 0.0491. The molecule has 1 aromatic heterocycles. The highest BCUT2D eigenvalue weighted by Crippen LogP contribution is 2.20. The van der Waals surface area contributed by atoms with Gasteiger partial charge in [-0.25, -0.2) is 4.98 Å². The predicted octanol–water partition coefficient (Wildman–Crippen LogP) is 3.63. The Balaban J connectivity index is 3.05. The number of H-pyrrole nitrogens is 1. The fourth-order valence-corrected chi connectivity index (χ4v) is 1.83. The number of rotatable bonds is 5. The highest BCUT2D eigenvalue weighted by molar-refractivity contribution is 7.71. The van der Waals surface area contributed by atoms with E-state index < -0.39 is 0 Å². The zero-order valence-electron chi connectivity index (χ0n) is 10.5. The first-order valence-electron chi connectivity index (χ1n) is 5.79. The van der Waals surface area contributed by atoms with Crippen molar-refractivity contribution in [2.24, 2.45) is 0 Å². The van der Waals surface area contributed by atoms with Crippen molar-refractivity contribution in [2.75, 3.05) is 6.61 Å². The van der Waals surface area contributed by atoms with Gasteiger partial charge in [0.2, 0.25) is 0 Å². The predicted molar refractivity (Wildman–Crippen MR) is 68.2 cm³/mol. The summed E-state index contributed by atoms with van der Waals surface area (Å²) >= 11 is 5.23. The van der Waals surface area contributed by atoms with Crippen LogP contribution in [0.1, 0.15) is 49.9 Å². The van der Waals surface area contributed by atoms with Crippen molar-refractivity contribution in [3.05, 3.63) is 21.7 Å². The van der Waals surface area contributed by atoms with Crippen molar-refractivity contribution < 1.29 is 4.74 Å². The minimum absolute atomic E-state index is 0.0380. The topological polar surface area (TPSA) is 37.9 Å². The third-order valence-corrected chi connectivity index (χ3v) is 3.04. The van der Waals surface area contributed by atoms with Gasteiger partial charge in [-0.3, -0.25) is 0 Å². The van der Waals surface area contributed by atoms with Crippen molar-refractivity contribution in [1.82, 2.24) is 9.97 Å². The average molecular weight is 240 g/mol. The SMILES string of the molecule is CCCC(OCC)c1nc(=S)c(C)c(C)[nH]1. The molecular formula is C12H20N2OS. The number of nitrogens with one attached hydrogen (secondary N) is 1. The molecule has 0 aliphatic rings. The lowest BCUT2D eigenvalue weighted by Gasteiger charge is -2.16. The van der Waals surface area contributed by atoms with Gasteiger partial charge >= 0.3 is 0 Å². The van der Waals surface area contributed by atoms with Gasteiger partial charge in [-0.15, -0.1) is 0 Å². The number of ether oxygens (including phenoxy) is 1. The Morgan fingerprint density at radius 3 is 2.56 bits per heavy atom. The van der Waals surface area contributed by atoms with E-state index >= 15 is 0 Å². The molecule has 0 radical (unpaired) electrons. The lowest BCUT2D eigenvalue weighted by atomic mass is 10.2. The maximum absolute atomic E-state index is 5.68. The van der Waals surface area contributed by atoms with Gasteiger partial charge in [0.1, 0.15) is 16.6 Å². The number of aromatic nitrogens is 2. The van der Waals surface area contributed by atoms with Crippen LogP contribution in [0.2, 0.25) is 0 Å². The fraction of sp³-hybridized carbons (Fsp3) is 0.667. The van der Waals surface area contributed by atoms with Gasteiger partial charge < -0.3 is 9.72 Å². The third-order valence-electron chi connectivity index (χ3n) is 2.64. The quantitative estimate of drug-likeness (QED) is 0.799.